The molecule has 2 aromatic carbocycles. The van der Waals surface area contributed by atoms with E-state index in [-0.39, 0.29) is 23.8 Å². The Hall–Kier alpha value is -2.62. The molecule has 0 aliphatic heterocycles. The largest absolute Gasteiger partial charge is 0.325 e. The SMILES string of the molecule is CC(=O)N(CC(=O)Nc1ccc(C(C)(C)C)cc1)c1cccc(C)c1C. The van der Waals surface area contributed by atoms with E-state index in [2.05, 4.69) is 26.1 Å². The van der Waals surface area contributed by atoms with Gasteiger partial charge in [0.2, 0.25) is 11.8 Å². The summed E-state index contributed by atoms with van der Waals surface area (Å²) in [5, 5.41) is 2.88. The van der Waals surface area contributed by atoms with E-state index in [4.69, 9.17) is 0 Å². The molecule has 0 aliphatic carbocycles. The van der Waals surface area contributed by atoms with Crippen molar-refractivity contribution in [2.45, 2.75) is 47.0 Å². The molecule has 0 fully saturated rings. The summed E-state index contributed by atoms with van der Waals surface area (Å²) < 4.78 is 0. The minimum absolute atomic E-state index is 0.0132. The molecule has 0 radical (unpaired) electrons. The van der Waals surface area contributed by atoms with E-state index in [1.807, 2.05) is 56.3 Å². The van der Waals surface area contributed by atoms with Gasteiger partial charge < -0.3 is 10.2 Å². The fourth-order valence-corrected chi connectivity index (χ4v) is 2.79. The van der Waals surface area contributed by atoms with Gasteiger partial charge >= 0.3 is 0 Å². The summed E-state index contributed by atoms with van der Waals surface area (Å²) in [6.07, 6.45) is 0. The molecule has 0 saturated heterocycles. The number of nitrogens with zero attached hydrogens (tertiary/aromatic N) is 1. The topological polar surface area (TPSA) is 49.4 Å². The van der Waals surface area contributed by atoms with Crippen molar-refractivity contribution in [3.05, 3.63) is 59.2 Å². The van der Waals surface area contributed by atoms with Crippen LogP contribution in [0.3, 0.4) is 0 Å². The smallest absolute Gasteiger partial charge is 0.244 e. The predicted molar refractivity (Wildman–Crippen MR) is 108 cm³/mol. The van der Waals surface area contributed by atoms with Crippen molar-refractivity contribution in [3.63, 3.8) is 0 Å². The lowest BCUT2D eigenvalue weighted by molar-refractivity contribution is -0.120. The van der Waals surface area contributed by atoms with Gasteiger partial charge in [0, 0.05) is 18.3 Å². The van der Waals surface area contributed by atoms with E-state index < -0.39 is 0 Å². The van der Waals surface area contributed by atoms with Gasteiger partial charge in [-0.1, -0.05) is 45.0 Å². The van der Waals surface area contributed by atoms with Crippen LogP contribution in [0.1, 0.15) is 44.4 Å². The second-order valence-electron chi connectivity index (χ2n) is 7.70. The molecule has 2 aromatic rings. The monoisotopic (exact) mass is 352 g/mol. The Labute approximate surface area is 156 Å². The van der Waals surface area contributed by atoms with Crippen LogP contribution in [0, 0.1) is 13.8 Å². The third-order valence-electron chi connectivity index (χ3n) is 4.58. The summed E-state index contributed by atoms with van der Waals surface area (Å²) in [5.41, 5.74) is 4.87. The average molecular weight is 352 g/mol. The van der Waals surface area contributed by atoms with E-state index >= 15 is 0 Å². The molecule has 0 aromatic heterocycles. The Bertz CT molecular complexity index is 802. The van der Waals surface area contributed by atoms with Gasteiger partial charge in [-0.3, -0.25) is 9.59 Å². The fourth-order valence-electron chi connectivity index (χ4n) is 2.79. The molecule has 2 rings (SSSR count). The molecular formula is C22H28N2O2. The Morgan fingerprint density at radius 2 is 1.62 bits per heavy atom. The first-order valence-electron chi connectivity index (χ1n) is 8.84. The molecule has 0 spiro atoms. The number of carbonyl (C=O) groups excluding carboxylic acids is 2. The summed E-state index contributed by atoms with van der Waals surface area (Å²) in [5.74, 6) is -0.374. The number of anilines is 2. The van der Waals surface area contributed by atoms with Crippen LogP contribution in [0.15, 0.2) is 42.5 Å². The molecule has 0 saturated carbocycles. The number of hydrogen-bond acceptors (Lipinski definition) is 2. The standard InChI is InChI=1S/C22H28N2O2/c1-15-8-7-9-20(16(15)2)24(17(3)25)14-21(26)23-19-12-10-18(11-13-19)22(4,5)6/h7-13H,14H2,1-6H3,(H,23,26). The van der Waals surface area contributed by atoms with Gasteiger partial charge in [0.15, 0.2) is 0 Å². The number of aryl methyl sites for hydroxylation is 1. The lowest BCUT2D eigenvalue weighted by Gasteiger charge is -2.23. The molecule has 0 unspecified atom stereocenters. The van der Waals surface area contributed by atoms with Gasteiger partial charge in [0.05, 0.1) is 0 Å². The number of hydrogen-bond donors (Lipinski definition) is 1. The van der Waals surface area contributed by atoms with Crippen molar-refractivity contribution >= 4 is 23.2 Å². The highest BCUT2D eigenvalue weighted by atomic mass is 16.2. The highest BCUT2D eigenvalue weighted by Crippen LogP contribution is 2.24. The van der Waals surface area contributed by atoms with Crippen molar-refractivity contribution < 1.29 is 9.59 Å². The first kappa shape index (κ1) is 19.7. The quantitative estimate of drug-likeness (QED) is 0.875. The second-order valence-corrected chi connectivity index (χ2v) is 7.70. The van der Waals surface area contributed by atoms with Gasteiger partial charge in [0.25, 0.3) is 0 Å². The third-order valence-corrected chi connectivity index (χ3v) is 4.58. The third kappa shape index (κ3) is 4.72. The van der Waals surface area contributed by atoms with Crippen LogP contribution in [0.25, 0.3) is 0 Å². The molecule has 4 nitrogen and oxygen atoms in total. The number of carbonyl (C=O) groups is 2. The molecule has 2 amide bonds. The second kappa shape index (κ2) is 7.73. The first-order chi connectivity index (χ1) is 12.1. The number of nitrogens with one attached hydrogen (secondary N) is 1. The van der Waals surface area contributed by atoms with E-state index in [9.17, 15) is 9.59 Å². The van der Waals surface area contributed by atoms with Crippen LogP contribution in [-0.2, 0) is 15.0 Å². The van der Waals surface area contributed by atoms with Crippen molar-refractivity contribution in [2.75, 3.05) is 16.8 Å². The van der Waals surface area contributed by atoms with Gasteiger partial charge in [-0.05, 0) is 54.2 Å². The molecule has 26 heavy (non-hydrogen) atoms. The molecule has 0 aliphatic rings. The number of benzene rings is 2. The molecule has 0 bridgehead atoms. The minimum atomic E-state index is -0.218. The maximum Gasteiger partial charge on any atom is 0.244 e. The average Bonchev–Trinajstić information content (AvgIpc) is 2.55. The van der Waals surface area contributed by atoms with Crippen LogP contribution in [0.4, 0.5) is 11.4 Å². The Morgan fingerprint density at radius 1 is 1.00 bits per heavy atom. The zero-order valence-electron chi connectivity index (χ0n) is 16.5. The van der Waals surface area contributed by atoms with Crippen molar-refractivity contribution in [3.8, 4) is 0 Å². The fraction of sp³-hybridized carbons (Fsp3) is 0.364. The summed E-state index contributed by atoms with van der Waals surface area (Å²) in [6.45, 7) is 11.9. The Morgan fingerprint density at radius 3 is 2.15 bits per heavy atom. The van der Waals surface area contributed by atoms with Gasteiger partial charge in [0.1, 0.15) is 6.54 Å². The summed E-state index contributed by atoms with van der Waals surface area (Å²) in [4.78, 5) is 26.1. The molecule has 4 heteroatoms. The van der Waals surface area contributed by atoms with E-state index in [0.717, 1.165) is 22.5 Å². The maximum atomic E-state index is 12.5. The Balaban J connectivity index is 2.13. The lowest BCUT2D eigenvalue weighted by atomic mass is 9.87. The molecular weight excluding hydrogens is 324 g/mol. The zero-order valence-corrected chi connectivity index (χ0v) is 16.5. The lowest BCUT2D eigenvalue weighted by Crippen LogP contribution is -2.37. The van der Waals surface area contributed by atoms with Crippen LogP contribution in [0.2, 0.25) is 0 Å². The van der Waals surface area contributed by atoms with E-state index in [1.165, 1.54) is 17.4 Å². The highest BCUT2D eigenvalue weighted by molar-refractivity contribution is 6.02. The summed E-state index contributed by atoms with van der Waals surface area (Å²) in [6, 6.07) is 13.6. The van der Waals surface area contributed by atoms with Crippen LogP contribution in [0.5, 0.6) is 0 Å². The summed E-state index contributed by atoms with van der Waals surface area (Å²) in [7, 11) is 0. The van der Waals surface area contributed by atoms with Crippen LogP contribution < -0.4 is 10.2 Å². The predicted octanol–water partition coefficient (Wildman–Crippen LogP) is 4.59. The number of amides is 2. The zero-order chi connectivity index (χ0) is 19.5. The van der Waals surface area contributed by atoms with Crippen molar-refractivity contribution in [2.24, 2.45) is 0 Å². The first-order valence-corrected chi connectivity index (χ1v) is 8.84. The van der Waals surface area contributed by atoms with Crippen molar-refractivity contribution in [1.82, 2.24) is 0 Å². The van der Waals surface area contributed by atoms with Gasteiger partial charge in [-0.2, -0.15) is 0 Å². The highest BCUT2D eigenvalue weighted by Gasteiger charge is 2.18. The van der Waals surface area contributed by atoms with Gasteiger partial charge in [-0.15, -0.1) is 0 Å². The summed E-state index contributed by atoms with van der Waals surface area (Å²) >= 11 is 0. The number of rotatable bonds is 4. The molecule has 0 atom stereocenters. The Kier molecular flexibility index (Phi) is 5.86. The molecule has 1 N–H and O–H groups in total. The molecule has 0 heterocycles. The van der Waals surface area contributed by atoms with Gasteiger partial charge in [-0.25, -0.2) is 0 Å². The van der Waals surface area contributed by atoms with Crippen LogP contribution in [-0.4, -0.2) is 18.4 Å². The van der Waals surface area contributed by atoms with Crippen LogP contribution >= 0.6 is 0 Å². The normalized spacial score (nSPS) is 11.2. The van der Waals surface area contributed by atoms with E-state index in [1.54, 1.807) is 0 Å². The van der Waals surface area contributed by atoms with E-state index in [0.29, 0.717) is 0 Å². The minimum Gasteiger partial charge on any atom is -0.325 e. The maximum absolute atomic E-state index is 12.5. The van der Waals surface area contributed by atoms with Crippen molar-refractivity contribution in [1.29, 1.82) is 0 Å². The molecule has 138 valence electrons.